The zero-order valence-corrected chi connectivity index (χ0v) is 24.4. The molecular weight excluding hydrogens is 560 g/mol. The minimum absolute atomic E-state index is 0.0561. The maximum absolute atomic E-state index is 14.4. The van der Waals surface area contributed by atoms with Gasteiger partial charge in [-0.1, -0.05) is 36.6 Å². The zero-order chi connectivity index (χ0) is 28.9. The summed E-state index contributed by atoms with van der Waals surface area (Å²) in [5, 5.41) is 3.70. The normalized spacial score (nSPS) is 13.9. The Morgan fingerprint density at radius 2 is 1.54 bits per heavy atom. The Kier molecular flexibility index (Phi) is 8.75. The number of rotatable bonds is 9. The van der Waals surface area contributed by atoms with Gasteiger partial charge in [-0.2, -0.15) is 4.37 Å². The lowest BCUT2D eigenvalue weighted by Gasteiger charge is -2.32. The van der Waals surface area contributed by atoms with Crippen LogP contribution in [0.5, 0.6) is 11.5 Å². The van der Waals surface area contributed by atoms with Crippen LogP contribution in [0, 0.1) is 0 Å². The van der Waals surface area contributed by atoms with Crippen molar-refractivity contribution in [3.63, 3.8) is 0 Å². The minimum Gasteiger partial charge on any atom is -0.497 e. The Bertz CT molecular complexity index is 1500. The highest BCUT2D eigenvalue weighted by Gasteiger charge is 2.36. The summed E-state index contributed by atoms with van der Waals surface area (Å²) >= 11 is 7.21. The molecule has 1 atom stereocenters. The minimum atomic E-state index is -0.985. The van der Waals surface area contributed by atoms with Crippen molar-refractivity contribution >= 4 is 46.3 Å². The van der Waals surface area contributed by atoms with Gasteiger partial charge in [-0.05, 0) is 90.6 Å². The first-order valence-electron chi connectivity index (χ1n) is 13.3. The average molecular weight is 591 g/mol. The van der Waals surface area contributed by atoms with Crippen molar-refractivity contribution in [1.29, 1.82) is 0 Å². The van der Waals surface area contributed by atoms with Crippen LogP contribution in [0.15, 0.2) is 72.8 Å². The van der Waals surface area contributed by atoms with Crippen LogP contribution in [0.3, 0.4) is 0 Å². The number of hydrogen-bond acceptors (Lipinski definition) is 7. The van der Waals surface area contributed by atoms with Gasteiger partial charge in [0.2, 0.25) is 5.91 Å². The van der Waals surface area contributed by atoms with E-state index in [1.165, 1.54) is 4.90 Å². The summed E-state index contributed by atoms with van der Waals surface area (Å²) in [5.74, 6) is 0.626. The molecule has 2 amide bonds. The third kappa shape index (κ3) is 6.16. The van der Waals surface area contributed by atoms with Crippen LogP contribution in [-0.4, -0.2) is 36.4 Å². The van der Waals surface area contributed by atoms with E-state index in [1.807, 2.05) is 24.3 Å². The Morgan fingerprint density at radius 3 is 2.12 bits per heavy atom. The molecule has 3 aromatic carbocycles. The molecule has 1 aliphatic carbocycles. The Labute approximate surface area is 248 Å². The molecule has 0 saturated heterocycles. The third-order valence-corrected chi connectivity index (χ3v) is 8.35. The lowest BCUT2D eigenvalue weighted by atomic mass is 10.0. The molecule has 8 nitrogen and oxygen atoms in total. The molecule has 1 saturated carbocycles. The van der Waals surface area contributed by atoms with Crippen molar-refractivity contribution in [3.05, 3.63) is 88.3 Å². The standard InChI is InChI=1S/C31H31ClN4O4S/c1-39-24-15-7-19(8-16-24)27-26(33)29(41-35-27)31(38)36(23-13-11-21(32)12-14-23)28(20-9-17-25(40-2)18-10-20)30(37)34-22-5-3-4-6-22/h7-18,22,28H,3-6,33H2,1-2H3,(H,34,37)/t28-/m0/s1. The van der Waals surface area contributed by atoms with Gasteiger partial charge in [0.15, 0.2) is 0 Å². The second-order valence-electron chi connectivity index (χ2n) is 9.82. The number of nitrogens with two attached hydrogens (primary N) is 1. The fraction of sp³-hybridized carbons (Fsp3) is 0.258. The van der Waals surface area contributed by atoms with Gasteiger partial charge in [0.25, 0.3) is 5.91 Å². The number of carbonyl (C=O) groups excluding carboxylic acids is 2. The molecule has 0 aliphatic heterocycles. The van der Waals surface area contributed by atoms with Crippen LogP contribution in [-0.2, 0) is 4.79 Å². The van der Waals surface area contributed by atoms with Crippen molar-refractivity contribution in [2.45, 2.75) is 37.8 Å². The van der Waals surface area contributed by atoms with Gasteiger partial charge >= 0.3 is 0 Å². The first kappa shape index (κ1) is 28.4. The van der Waals surface area contributed by atoms with Gasteiger partial charge in [-0.25, -0.2) is 0 Å². The second-order valence-corrected chi connectivity index (χ2v) is 11.0. The van der Waals surface area contributed by atoms with E-state index in [0.717, 1.165) is 42.8 Å². The number of nitrogens with zero attached hydrogens (tertiary/aromatic N) is 2. The van der Waals surface area contributed by atoms with Crippen LogP contribution in [0.25, 0.3) is 11.3 Å². The number of hydrogen-bond donors (Lipinski definition) is 2. The number of halogens is 1. The third-order valence-electron chi connectivity index (χ3n) is 7.25. The number of methoxy groups -OCH3 is 2. The number of anilines is 2. The summed E-state index contributed by atoms with van der Waals surface area (Å²) in [7, 11) is 3.17. The summed E-state index contributed by atoms with van der Waals surface area (Å²) < 4.78 is 15.1. The highest BCUT2D eigenvalue weighted by Crippen LogP contribution is 2.37. The van der Waals surface area contributed by atoms with E-state index in [1.54, 1.807) is 62.8 Å². The lowest BCUT2D eigenvalue weighted by Crippen LogP contribution is -2.46. The highest BCUT2D eigenvalue weighted by molar-refractivity contribution is 7.09. The summed E-state index contributed by atoms with van der Waals surface area (Å²) in [4.78, 5) is 30.2. The quantitative estimate of drug-likeness (QED) is 0.230. The summed E-state index contributed by atoms with van der Waals surface area (Å²) in [6, 6.07) is 20.3. The van der Waals surface area contributed by atoms with Crippen LogP contribution >= 0.6 is 23.1 Å². The molecular formula is C31H31ClN4O4S. The van der Waals surface area contributed by atoms with Gasteiger partial charge in [0, 0.05) is 22.3 Å². The number of nitrogen functional groups attached to an aromatic ring is 1. The molecule has 0 unspecified atom stereocenters. The summed E-state index contributed by atoms with van der Waals surface area (Å²) in [6.45, 7) is 0. The fourth-order valence-corrected chi connectivity index (χ4v) is 5.94. The predicted octanol–water partition coefficient (Wildman–Crippen LogP) is 6.51. The molecule has 212 valence electrons. The molecule has 1 heterocycles. The maximum atomic E-state index is 14.4. The van der Waals surface area contributed by atoms with Crippen molar-refractivity contribution in [3.8, 4) is 22.8 Å². The molecule has 5 rings (SSSR count). The van der Waals surface area contributed by atoms with Crippen molar-refractivity contribution in [2.75, 3.05) is 24.9 Å². The smallest absolute Gasteiger partial charge is 0.273 e. The first-order chi connectivity index (χ1) is 19.9. The van der Waals surface area contributed by atoms with Gasteiger partial charge < -0.3 is 20.5 Å². The van der Waals surface area contributed by atoms with Crippen molar-refractivity contribution < 1.29 is 19.1 Å². The molecule has 41 heavy (non-hydrogen) atoms. The molecule has 4 aromatic rings. The molecule has 1 aliphatic rings. The Morgan fingerprint density at radius 1 is 0.951 bits per heavy atom. The number of aromatic nitrogens is 1. The van der Waals surface area contributed by atoms with Crippen LogP contribution in [0.4, 0.5) is 11.4 Å². The van der Waals surface area contributed by atoms with E-state index < -0.39 is 11.9 Å². The number of benzene rings is 3. The zero-order valence-electron chi connectivity index (χ0n) is 22.8. The number of amides is 2. The molecule has 10 heteroatoms. The highest BCUT2D eigenvalue weighted by atomic mass is 35.5. The lowest BCUT2D eigenvalue weighted by molar-refractivity contribution is -0.123. The fourth-order valence-electron chi connectivity index (χ4n) is 5.06. The SMILES string of the molecule is COc1ccc(-c2nsc(C(=O)N(c3ccc(Cl)cc3)[C@H](C(=O)NC3CCCC3)c3ccc(OC)cc3)c2N)cc1. The van der Waals surface area contributed by atoms with Gasteiger partial charge in [-0.15, -0.1) is 0 Å². The predicted molar refractivity (Wildman–Crippen MR) is 163 cm³/mol. The topological polar surface area (TPSA) is 107 Å². The molecule has 3 N–H and O–H groups in total. The van der Waals surface area contributed by atoms with Crippen LogP contribution < -0.4 is 25.4 Å². The van der Waals surface area contributed by atoms with Gasteiger partial charge in [-0.3, -0.25) is 14.5 Å². The van der Waals surface area contributed by atoms with E-state index in [4.69, 9.17) is 26.8 Å². The number of carbonyl (C=O) groups is 2. The average Bonchev–Trinajstić information content (AvgIpc) is 3.65. The summed E-state index contributed by atoms with van der Waals surface area (Å²) in [6.07, 6.45) is 3.93. The maximum Gasteiger partial charge on any atom is 0.273 e. The monoisotopic (exact) mass is 590 g/mol. The summed E-state index contributed by atoms with van der Waals surface area (Å²) in [5.41, 5.74) is 9.18. The number of ether oxygens (including phenoxy) is 2. The van der Waals surface area contributed by atoms with Crippen molar-refractivity contribution in [1.82, 2.24) is 9.69 Å². The van der Waals surface area contributed by atoms with E-state index >= 15 is 0 Å². The largest absolute Gasteiger partial charge is 0.497 e. The Hall–Kier alpha value is -4.08. The first-order valence-corrected chi connectivity index (χ1v) is 14.5. The second kappa shape index (κ2) is 12.6. The molecule has 1 aromatic heterocycles. The van der Waals surface area contributed by atoms with Gasteiger partial charge in [0.1, 0.15) is 28.1 Å². The van der Waals surface area contributed by atoms with E-state index in [0.29, 0.717) is 33.5 Å². The molecule has 0 radical (unpaired) electrons. The van der Waals surface area contributed by atoms with Crippen LogP contribution in [0.2, 0.25) is 5.02 Å². The van der Waals surface area contributed by atoms with Crippen LogP contribution in [0.1, 0.15) is 47.0 Å². The van der Waals surface area contributed by atoms with Crippen molar-refractivity contribution in [2.24, 2.45) is 0 Å². The molecule has 0 spiro atoms. The Balaban J connectivity index is 1.59. The molecule has 1 fully saturated rings. The van der Waals surface area contributed by atoms with Gasteiger partial charge in [0.05, 0.1) is 19.9 Å². The van der Waals surface area contributed by atoms with E-state index in [2.05, 4.69) is 9.69 Å². The van der Waals surface area contributed by atoms with E-state index in [9.17, 15) is 9.59 Å². The van der Waals surface area contributed by atoms with E-state index in [-0.39, 0.29) is 22.5 Å². The number of nitrogens with one attached hydrogen (secondary N) is 1. The molecule has 0 bridgehead atoms.